The van der Waals surface area contributed by atoms with Crippen LogP contribution in [-0.2, 0) is 4.84 Å². The minimum atomic E-state index is 0.896. The Hall–Kier alpha value is -0.350. The minimum absolute atomic E-state index is 0.896. The van der Waals surface area contributed by atoms with Gasteiger partial charge in [0, 0.05) is 7.05 Å². The van der Waals surface area contributed by atoms with E-state index in [1.54, 1.807) is 24.0 Å². The zero-order valence-electron chi connectivity index (χ0n) is 4.84. The first-order valence-corrected chi connectivity index (χ1v) is 3.47. The molecule has 0 fully saturated rings. The van der Waals surface area contributed by atoms with Gasteiger partial charge in [0.1, 0.15) is 0 Å². The highest BCUT2D eigenvalue weighted by Crippen LogP contribution is 2.15. The van der Waals surface area contributed by atoms with Crippen LogP contribution >= 0.6 is 11.8 Å². The molecule has 1 heterocycles. The topological polar surface area (TPSA) is 24.5 Å². The lowest BCUT2D eigenvalue weighted by Gasteiger charge is -2.06. The Balaban J connectivity index is 2.37. The highest BCUT2D eigenvalue weighted by Gasteiger charge is 2.07. The van der Waals surface area contributed by atoms with Crippen LogP contribution in [0.3, 0.4) is 0 Å². The Morgan fingerprint density at radius 2 is 2.62 bits per heavy atom. The fourth-order valence-electron chi connectivity index (χ4n) is 0.427. The van der Waals surface area contributed by atoms with Crippen molar-refractivity contribution in [2.75, 3.05) is 13.3 Å². The van der Waals surface area contributed by atoms with Gasteiger partial charge in [-0.2, -0.15) is 0 Å². The molecule has 1 aliphatic heterocycles. The van der Waals surface area contributed by atoms with Crippen molar-refractivity contribution in [3.05, 3.63) is 11.3 Å². The predicted molar refractivity (Wildman–Crippen MR) is 33.6 cm³/mol. The first kappa shape index (κ1) is 5.78. The van der Waals surface area contributed by atoms with Crippen molar-refractivity contribution < 1.29 is 4.84 Å². The lowest BCUT2D eigenvalue weighted by molar-refractivity contribution is -0.0920. The number of thioether (sulfide) groups is 1. The molecule has 0 aromatic heterocycles. The van der Waals surface area contributed by atoms with E-state index in [9.17, 15) is 0 Å². The molecule has 0 saturated heterocycles. The molecule has 0 bridgehead atoms. The van der Waals surface area contributed by atoms with Gasteiger partial charge in [-0.3, -0.25) is 5.43 Å². The number of hydrazine groups is 1. The van der Waals surface area contributed by atoms with Gasteiger partial charge in [-0.05, 0) is 6.26 Å². The fraction of sp³-hybridized carbons (Fsp3) is 0.500. The molecule has 1 rings (SSSR count). The number of rotatable bonds is 1. The standard InChI is InChI=1S/C4H8N2OS/c1-6-5-3-4(7-6)8-2/h3,5H,1-2H3. The smallest absolute Gasteiger partial charge is 0.200 e. The minimum Gasteiger partial charge on any atom is -0.378 e. The summed E-state index contributed by atoms with van der Waals surface area (Å²) in [5.41, 5.74) is 2.85. The van der Waals surface area contributed by atoms with Crippen molar-refractivity contribution in [1.82, 2.24) is 10.6 Å². The summed E-state index contributed by atoms with van der Waals surface area (Å²) in [6.07, 6.45) is 3.78. The molecule has 46 valence electrons. The van der Waals surface area contributed by atoms with Gasteiger partial charge in [0.25, 0.3) is 0 Å². The van der Waals surface area contributed by atoms with E-state index >= 15 is 0 Å². The molecule has 8 heavy (non-hydrogen) atoms. The molecule has 0 aromatic carbocycles. The summed E-state index contributed by atoms with van der Waals surface area (Å²) in [5, 5.41) is 2.44. The lowest BCUT2D eigenvalue weighted by Crippen LogP contribution is -2.22. The van der Waals surface area contributed by atoms with Gasteiger partial charge < -0.3 is 4.84 Å². The van der Waals surface area contributed by atoms with Gasteiger partial charge in [-0.15, -0.1) is 0 Å². The Morgan fingerprint density at radius 3 is 2.88 bits per heavy atom. The quantitative estimate of drug-likeness (QED) is 0.562. The van der Waals surface area contributed by atoms with E-state index in [1.165, 1.54) is 0 Å². The van der Waals surface area contributed by atoms with Crippen LogP contribution in [0.2, 0.25) is 0 Å². The van der Waals surface area contributed by atoms with Crippen molar-refractivity contribution in [3.8, 4) is 0 Å². The first-order chi connectivity index (χ1) is 3.83. The maximum absolute atomic E-state index is 5.06. The summed E-state index contributed by atoms with van der Waals surface area (Å²) in [5.74, 6) is 0. The van der Waals surface area contributed by atoms with Gasteiger partial charge in [0.2, 0.25) is 0 Å². The maximum atomic E-state index is 5.06. The second kappa shape index (κ2) is 2.28. The predicted octanol–water partition coefficient (Wildman–Crippen LogP) is 0.530. The van der Waals surface area contributed by atoms with E-state index in [-0.39, 0.29) is 0 Å². The van der Waals surface area contributed by atoms with E-state index in [4.69, 9.17) is 4.84 Å². The van der Waals surface area contributed by atoms with Crippen LogP contribution in [0.5, 0.6) is 0 Å². The van der Waals surface area contributed by atoms with E-state index in [1.807, 2.05) is 12.5 Å². The molecule has 0 amide bonds. The maximum Gasteiger partial charge on any atom is 0.200 e. The summed E-state index contributed by atoms with van der Waals surface area (Å²) in [6, 6.07) is 0. The molecule has 0 aliphatic carbocycles. The van der Waals surface area contributed by atoms with Crippen LogP contribution < -0.4 is 5.43 Å². The van der Waals surface area contributed by atoms with Crippen LogP contribution in [-0.4, -0.2) is 18.5 Å². The molecule has 0 unspecified atom stereocenters. The zero-order chi connectivity index (χ0) is 5.98. The fourth-order valence-corrected chi connectivity index (χ4v) is 0.784. The monoisotopic (exact) mass is 132 g/mol. The molecule has 0 spiro atoms. The molecule has 0 saturated carbocycles. The summed E-state index contributed by atoms with van der Waals surface area (Å²) < 4.78 is 0. The number of hydroxylamine groups is 1. The molecule has 0 atom stereocenters. The molecule has 0 aromatic rings. The van der Waals surface area contributed by atoms with E-state index in [2.05, 4.69) is 5.43 Å². The van der Waals surface area contributed by atoms with Crippen LogP contribution in [0.25, 0.3) is 0 Å². The van der Waals surface area contributed by atoms with Crippen molar-refractivity contribution in [3.63, 3.8) is 0 Å². The molecular formula is C4H8N2OS. The van der Waals surface area contributed by atoms with Crippen LogP contribution in [0.1, 0.15) is 0 Å². The Labute approximate surface area is 52.6 Å². The van der Waals surface area contributed by atoms with Crippen molar-refractivity contribution >= 4 is 11.8 Å². The van der Waals surface area contributed by atoms with Crippen molar-refractivity contribution in [1.29, 1.82) is 0 Å². The Bertz CT molecular complexity index is 115. The number of nitrogens with one attached hydrogen (secondary N) is 1. The molecule has 3 nitrogen and oxygen atoms in total. The summed E-state index contributed by atoms with van der Waals surface area (Å²) in [4.78, 5) is 5.06. The molecule has 4 heteroatoms. The molecule has 1 N–H and O–H groups in total. The average molecular weight is 132 g/mol. The van der Waals surface area contributed by atoms with Gasteiger partial charge in [0.05, 0.1) is 6.20 Å². The third-order valence-corrected chi connectivity index (χ3v) is 1.39. The van der Waals surface area contributed by atoms with E-state index < -0.39 is 0 Å². The summed E-state index contributed by atoms with van der Waals surface area (Å²) >= 11 is 1.57. The van der Waals surface area contributed by atoms with Crippen molar-refractivity contribution in [2.24, 2.45) is 0 Å². The summed E-state index contributed by atoms with van der Waals surface area (Å²) in [6.45, 7) is 0. The second-order valence-electron chi connectivity index (χ2n) is 1.39. The van der Waals surface area contributed by atoms with Gasteiger partial charge >= 0.3 is 0 Å². The normalized spacial score (nSPS) is 19.5. The van der Waals surface area contributed by atoms with E-state index in [0.717, 1.165) is 5.09 Å². The Morgan fingerprint density at radius 1 is 1.88 bits per heavy atom. The second-order valence-corrected chi connectivity index (χ2v) is 2.20. The average Bonchev–Trinajstić information content (AvgIpc) is 2.14. The largest absolute Gasteiger partial charge is 0.378 e. The van der Waals surface area contributed by atoms with Crippen molar-refractivity contribution in [2.45, 2.75) is 0 Å². The number of hydrogen-bond acceptors (Lipinski definition) is 4. The van der Waals surface area contributed by atoms with Crippen LogP contribution in [0, 0.1) is 0 Å². The van der Waals surface area contributed by atoms with Crippen LogP contribution in [0.4, 0.5) is 0 Å². The SMILES string of the molecule is CSC1=CNN(C)O1. The van der Waals surface area contributed by atoms with E-state index in [0.29, 0.717) is 0 Å². The van der Waals surface area contributed by atoms with Gasteiger partial charge in [0.15, 0.2) is 5.09 Å². The lowest BCUT2D eigenvalue weighted by atomic mass is 11.0. The number of hydrogen-bond donors (Lipinski definition) is 1. The first-order valence-electron chi connectivity index (χ1n) is 2.25. The van der Waals surface area contributed by atoms with Gasteiger partial charge in [-0.25, -0.2) is 0 Å². The molecule has 0 radical (unpaired) electrons. The number of nitrogens with zero attached hydrogens (tertiary/aromatic N) is 1. The third kappa shape index (κ3) is 1.08. The summed E-state index contributed by atoms with van der Waals surface area (Å²) in [7, 11) is 1.81. The highest BCUT2D eigenvalue weighted by molar-refractivity contribution is 8.02. The molecular weight excluding hydrogens is 124 g/mol. The van der Waals surface area contributed by atoms with Crippen LogP contribution in [0.15, 0.2) is 11.3 Å². The highest BCUT2D eigenvalue weighted by atomic mass is 32.2. The van der Waals surface area contributed by atoms with Gasteiger partial charge in [-0.1, -0.05) is 16.9 Å². The third-order valence-electron chi connectivity index (χ3n) is 0.792. The zero-order valence-corrected chi connectivity index (χ0v) is 5.66. The molecule has 1 aliphatic rings. The Kier molecular flexibility index (Phi) is 1.65.